The van der Waals surface area contributed by atoms with E-state index in [9.17, 15) is 8.42 Å². The Labute approximate surface area is 146 Å². The molecular weight excluding hydrogens is 338 g/mol. The highest BCUT2D eigenvalue weighted by Crippen LogP contribution is 2.18. The van der Waals surface area contributed by atoms with Gasteiger partial charge in [0.05, 0.1) is 17.1 Å². The summed E-state index contributed by atoms with van der Waals surface area (Å²) in [5.74, 6) is 0.691. The average molecular weight is 355 g/mol. The highest BCUT2D eigenvalue weighted by atomic mass is 32.2. The van der Waals surface area contributed by atoms with E-state index in [0.29, 0.717) is 17.9 Å². The van der Waals surface area contributed by atoms with Crippen molar-refractivity contribution >= 4 is 21.7 Å². The van der Waals surface area contributed by atoms with Gasteiger partial charge in [-0.2, -0.15) is 0 Å². The second kappa shape index (κ2) is 7.27. The van der Waals surface area contributed by atoms with Gasteiger partial charge in [0.15, 0.2) is 5.82 Å². The number of rotatable bonds is 6. The number of sulfonamides is 1. The van der Waals surface area contributed by atoms with Gasteiger partial charge in [-0.05, 0) is 42.8 Å². The fraction of sp³-hybridized carbons (Fsp3) is 0.118. The molecule has 0 aliphatic rings. The van der Waals surface area contributed by atoms with Gasteiger partial charge in [-0.3, -0.25) is 9.71 Å². The molecule has 25 heavy (non-hydrogen) atoms. The molecule has 0 atom stereocenters. The lowest BCUT2D eigenvalue weighted by atomic mass is 10.2. The van der Waals surface area contributed by atoms with Crippen molar-refractivity contribution in [1.29, 1.82) is 0 Å². The first-order chi connectivity index (χ1) is 12.0. The van der Waals surface area contributed by atoms with Gasteiger partial charge in [-0.15, -0.1) is 10.2 Å². The van der Waals surface area contributed by atoms with E-state index in [1.165, 1.54) is 0 Å². The van der Waals surface area contributed by atoms with Crippen molar-refractivity contribution in [2.24, 2.45) is 0 Å². The molecular formula is C17H17N5O2S. The summed E-state index contributed by atoms with van der Waals surface area (Å²) in [5.41, 5.74) is 1.53. The Morgan fingerprint density at radius 3 is 2.32 bits per heavy atom. The SMILES string of the molecule is Cc1ccccc1S(=O)(=O)Nc1ccc(NCc2ccccn2)nn1. The molecule has 3 rings (SSSR count). The van der Waals surface area contributed by atoms with Crippen LogP contribution in [0.1, 0.15) is 11.3 Å². The van der Waals surface area contributed by atoms with Gasteiger partial charge in [0.2, 0.25) is 0 Å². The predicted molar refractivity (Wildman–Crippen MR) is 95.6 cm³/mol. The van der Waals surface area contributed by atoms with E-state index >= 15 is 0 Å². The van der Waals surface area contributed by atoms with Gasteiger partial charge in [0, 0.05) is 6.20 Å². The van der Waals surface area contributed by atoms with Gasteiger partial charge in [-0.25, -0.2) is 8.42 Å². The zero-order valence-corrected chi connectivity index (χ0v) is 14.4. The third-order valence-corrected chi connectivity index (χ3v) is 4.98. The van der Waals surface area contributed by atoms with Crippen LogP contribution in [0.25, 0.3) is 0 Å². The predicted octanol–water partition coefficient (Wildman–Crippen LogP) is 2.59. The summed E-state index contributed by atoms with van der Waals surface area (Å²) in [4.78, 5) is 4.42. The highest BCUT2D eigenvalue weighted by molar-refractivity contribution is 7.92. The van der Waals surface area contributed by atoms with E-state index in [2.05, 4.69) is 25.2 Å². The van der Waals surface area contributed by atoms with Crippen LogP contribution in [-0.4, -0.2) is 23.6 Å². The second-order valence-electron chi connectivity index (χ2n) is 5.35. The zero-order valence-electron chi connectivity index (χ0n) is 13.5. The number of benzene rings is 1. The minimum absolute atomic E-state index is 0.159. The zero-order chi connectivity index (χ0) is 17.7. The summed E-state index contributed by atoms with van der Waals surface area (Å²) in [6.07, 6.45) is 1.71. The van der Waals surface area contributed by atoms with Crippen LogP contribution in [0, 0.1) is 6.92 Å². The molecule has 128 valence electrons. The van der Waals surface area contributed by atoms with E-state index < -0.39 is 10.0 Å². The molecule has 1 aromatic carbocycles. The fourth-order valence-electron chi connectivity index (χ4n) is 2.22. The molecule has 0 radical (unpaired) electrons. The number of nitrogens with zero attached hydrogens (tertiary/aromatic N) is 3. The van der Waals surface area contributed by atoms with Gasteiger partial charge >= 0.3 is 0 Å². The largest absolute Gasteiger partial charge is 0.363 e. The number of anilines is 2. The van der Waals surface area contributed by atoms with Crippen molar-refractivity contribution in [3.63, 3.8) is 0 Å². The molecule has 0 bridgehead atoms. The Kier molecular flexibility index (Phi) is 4.90. The first-order valence-corrected chi connectivity index (χ1v) is 9.09. The van der Waals surface area contributed by atoms with Crippen LogP contribution in [0.2, 0.25) is 0 Å². The molecule has 0 unspecified atom stereocenters. The van der Waals surface area contributed by atoms with E-state index in [1.807, 2.05) is 18.2 Å². The van der Waals surface area contributed by atoms with E-state index in [0.717, 1.165) is 5.69 Å². The van der Waals surface area contributed by atoms with E-state index in [1.54, 1.807) is 49.5 Å². The molecule has 0 saturated carbocycles. The molecule has 0 aliphatic heterocycles. The third-order valence-electron chi connectivity index (χ3n) is 3.46. The Hall–Kier alpha value is -3.00. The lowest BCUT2D eigenvalue weighted by Crippen LogP contribution is -2.15. The van der Waals surface area contributed by atoms with Crippen molar-refractivity contribution in [3.8, 4) is 0 Å². The molecule has 2 aromatic heterocycles. The van der Waals surface area contributed by atoms with Crippen LogP contribution in [0.15, 0.2) is 65.7 Å². The van der Waals surface area contributed by atoms with E-state index in [4.69, 9.17) is 0 Å². The number of hydrogen-bond acceptors (Lipinski definition) is 6. The Bertz CT molecular complexity index is 944. The van der Waals surface area contributed by atoms with Crippen LogP contribution >= 0.6 is 0 Å². The van der Waals surface area contributed by atoms with Gasteiger partial charge < -0.3 is 5.32 Å². The van der Waals surface area contributed by atoms with Crippen LogP contribution in [0.4, 0.5) is 11.6 Å². The summed E-state index contributed by atoms with van der Waals surface area (Å²) in [6.45, 7) is 2.24. The van der Waals surface area contributed by atoms with Crippen molar-refractivity contribution in [2.45, 2.75) is 18.4 Å². The molecule has 0 amide bonds. The van der Waals surface area contributed by atoms with Gasteiger partial charge in [-0.1, -0.05) is 24.3 Å². The minimum atomic E-state index is -3.70. The topological polar surface area (TPSA) is 96.9 Å². The number of pyridine rings is 1. The van der Waals surface area contributed by atoms with Crippen LogP contribution in [0.5, 0.6) is 0 Å². The molecule has 8 heteroatoms. The molecule has 0 saturated heterocycles. The average Bonchev–Trinajstić information content (AvgIpc) is 2.62. The smallest absolute Gasteiger partial charge is 0.263 e. The van der Waals surface area contributed by atoms with Gasteiger partial charge in [0.1, 0.15) is 5.82 Å². The molecule has 0 spiro atoms. The summed E-state index contributed by atoms with van der Waals surface area (Å²) in [6, 6.07) is 15.6. The monoisotopic (exact) mass is 355 g/mol. The molecule has 2 heterocycles. The standard InChI is InChI=1S/C17H17N5O2S/c1-13-6-2-3-8-15(13)25(23,24)22-17-10-9-16(20-21-17)19-12-14-7-4-5-11-18-14/h2-11H,12H2,1H3,(H,19,20)(H,21,22). The molecule has 3 aromatic rings. The molecule has 7 nitrogen and oxygen atoms in total. The van der Waals surface area contributed by atoms with Crippen LogP contribution in [0.3, 0.4) is 0 Å². The van der Waals surface area contributed by atoms with Crippen molar-refractivity contribution in [2.75, 3.05) is 10.0 Å². The summed E-state index contributed by atoms with van der Waals surface area (Å²) in [7, 11) is -3.70. The lowest BCUT2D eigenvalue weighted by Gasteiger charge is -2.09. The van der Waals surface area contributed by atoms with Crippen molar-refractivity contribution < 1.29 is 8.42 Å². The molecule has 2 N–H and O–H groups in total. The minimum Gasteiger partial charge on any atom is -0.363 e. The number of hydrogen-bond donors (Lipinski definition) is 2. The first-order valence-electron chi connectivity index (χ1n) is 7.60. The van der Waals surface area contributed by atoms with Crippen LogP contribution < -0.4 is 10.0 Å². The lowest BCUT2D eigenvalue weighted by molar-refractivity contribution is 0.600. The van der Waals surface area contributed by atoms with E-state index in [-0.39, 0.29) is 10.7 Å². The number of nitrogens with one attached hydrogen (secondary N) is 2. The third kappa shape index (κ3) is 4.30. The van der Waals surface area contributed by atoms with Gasteiger partial charge in [0.25, 0.3) is 10.0 Å². The fourth-order valence-corrected chi connectivity index (χ4v) is 3.46. The Balaban J connectivity index is 1.67. The quantitative estimate of drug-likeness (QED) is 0.705. The maximum absolute atomic E-state index is 12.4. The molecule has 0 fully saturated rings. The second-order valence-corrected chi connectivity index (χ2v) is 7.00. The van der Waals surface area contributed by atoms with Crippen LogP contribution in [-0.2, 0) is 16.6 Å². The highest BCUT2D eigenvalue weighted by Gasteiger charge is 2.17. The van der Waals surface area contributed by atoms with Crippen molar-refractivity contribution in [3.05, 3.63) is 72.1 Å². The number of aryl methyl sites for hydroxylation is 1. The normalized spacial score (nSPS) is 11.1. The summed E-state index contributed by atoms with van der Waals surface area (Å²) >= 11 is 0. The Morgan fingerprint density at radius 1 is 0.920 bits per heavy atom. The van der Waals surface area contributed by atoms with Crippen molar-refractivity contribution in [1.82, 2.24) is 15.2 Å². The summed E-state index contributed by atoms with van der Waals surface area (Å²) in [5, 5.41) is 11.0. The maximum Gasteiger partial charge on any atom is 0.263 e. The Morgan fingerprint density at radius 2 is 1.64 bits per heavy atom. The maximum atomic E-state index is 12.4. The molecule has 0 aliphatic carbocycles. The first kappa shape index (κ1) is 16.8. The summed E-state index contributed by atoms with van der Waals surface area (Å²) < 4.78 is 27.3. The number of aromatic nitrogens is 3.